The van der Waals surface area contributed by atoms with E-state index in [0.29, 0.717) is 13.1 Å². The monoisotopic (exact) mass is 256 g/mol. The van der Waals surface area contributed by atoms with Crippen LogP contribution in [0, 0.1) is 5.41 Å². The van der Waals surface area contributed by atoms with Crippen LogP contribution < -0.4 is 11.1 Å². The Morgan fingerprint density at radius 2 is 1.78 bits per heavy atom. The van der Waals surface area contributed by atoms with Crippen molar-refractivity contribution in [3.63, 3.8) is 0 Å². The summed E-state index contributed by atoms with van der Waals surface area (Å²) in [4.78, 5) is 12.3. The van der Waals surface area contributed by atoms with Gasteiger partial charge in [0.05, 0.1) is 5.41 Å². The molecule has 1 saturated carbocycles. The zero-order valence-corrected chi connectivity index (χ0v) is 11.4. The Morgan fingerprint density at radius 1 is 1.11 bits per heavy atom. The van der Waals surface area contributed by atoms with Crippen LogP contribution in [0.4, 0.5) is 0 Å². The van der Waals surface area contributed by atoms with E-state index in [1.807, 2.05) is 0 Å². The maximum atomic E-state index is 12.3. The summed E-state index contributed by atoms with van der Waals surface area (Å²) in [5.41, 5.74) is 5.55. The maximum Gasteiger partial charge on any atom is 0.227 e. The second kappa shape index (κ2) is 8.48. The number of carbonyl (C=O) groups excluding carboxylic acids is 1. The first-order chi connectivity index (χ1) is 8.75. The van der Waals surface area contributed by atoms with Crippen LogP contribution in [0.5, 0.6) is 0 Å². The lowest BCUT2D eigenvalue weighted by Crippen LogP contribution is -2.46. The summed E-state index contributed by atoms with van der Waals surface area (Å²) >= 11 is 0. The molecular weight excluding hydrogens is 228 g/mol. The molecule has 0 bridgehead atoms. The number of aliphatic hydroxyl groups excluding tert-OH is 1. The van der Waals surface area contributed by atoms with Crippen molar-refractivity contribution < 1.29 is 9.90 Å². The summed E-state index contributed by atoms with van der Waals surface area (Å²) in [5, 5.41) is 11.7. The Balaban J connectivity index is 2.35. The number of unbranched alkanes of at least 4 members (excludes halogenated alkanes) is 2. The fourth-order valence-electron chi connectivity index (χ4n) is 2.73. The van der Waals surface area contributed by atoms with Gasteiger partial charge in [-0.1, -0.05) is 25.7 Å². The molecule has 1 amide bonds. The number of rotatable bonds is 7. The van der Waals surface area contributed by atoms with Gasteiger partial charge in [-0.3, -0.25) is 4.79 Å². The fraction of sp³-hybridized carbons (Fsp3) is 0.929. The lowest BCUT2D eigenvalue weighted by Gasteiger charge is -2.29. The highest BCUT2D eigenvalue weighted by Gasteiger charge is 2.36. The smallest absolute Gasteiger partial charge is 0.227 e. The second-order valence-electron chi connectivity index (χ2n) is 5.44. The molecule has 4 nitrogen and oxygen atoms in total. The largest absolute Gasteiger partial charge is 0.396 e. The summed E-state index contributed by atoms with van der Waals surface area (Å²) in [6, 6.07) is 0. The van der Waals surface area contributed by atoms with Crippen LogP contribution in [0.2, 0.25) is 0 Å². The average Bonchev–Trinajstić information content (AvgIpc) is 2.64. The third-order valence-electron chi connectivity index (χ3n) is 4.05. The standard InChI is InChI=1S/C14H28N2O2/c15-12-14(8-4-1-2-5-9-14)13(18)16-10-6-3-7-11-17/h17H,1-12,15H2,(H,16,18). The van der Waals surface area contributed by atoms with Crippen molar-refractivity contribution in [2.75, 3.05) is 19.7 Å². The molecule has 0 heterocycles. The highest BCUT2D eigenvalue weighted by atomic mass is 16.2. The van der Waals surface area contributed by atoms with E-state index in [2.05, 4.69) is 5.32 Å². The van der Waals surface area contributed by atoms with E-state index in [-0.39, 0.29) is 17.9 Å². The Labute approximate surface area is 110 Å². The van der Waals surface area contributed by atoms with Gasteiger partial charge in [0.2, 0.25) is 5.91 Å². The normalized spacial score (nSPS) is 19.2. The molecular formula is C14H28N2O2. The number of hydrogen-bond acceptors (Lipinski definition) is 3. The molecule has 0 aliphatic heterocycles. The van der Waals surface area contributed by atoms with Crippen molar-refractivity contribution in [3.05, 3.63) is 0 Å². The molecule has 4 N–H and O–H groups in total. The number of nitrogens with two attached hydrogens (primary N) is 1. The van der Waals surface area contributed by atoms with Crippen LogP contribution >= 0.6 is 0 Å². The van der Waals surface area contributed by atoms with Crippen molar-refractivity contribution in [1.29, 1.82) is 0 Å². The second-order valence-corrected chi connectivity index (χ2v) is 5.44. The quantitative estimate of drug-likeness (QED) is 0.478. The lowest BCUT2D eigenvalue weighted by molar-refractivity contribution is -0.131. The highest BCUT2D eigenvalue weighted by Crippen LogP contribution is 2.34. The molecule has 0 atom stereocenters. The van der Waals surface area contributed by atoms with Crippen molar-refractivity contribution in [1.82, 2.24) is 5.32 Å². The predicted molar refractivity (Wildman–Crippen MR) is 73.1 cm³/mol. The summed E-state index contributed by atoms with van der Waals surface area (Å²) in [7, 11) is 0. The molecule has 0 aromatic carbocycles. The minimum atomic E-state index is -0.312. The van der Waals surface area contributed by atoms with Crippen LogP contribution in [0.3, 0.4) is 0 Å². The van der Waals surface area contributed by atoms with Crippen molar-refractivity contribution in [2.45, 2.75) is 57.8 Å². The molecule has 0 unspecified atom stereocenters. The molecule has 0 saturated heterocycles. The average molecular weight is 256 g/mol. The molecule has 0 aromatic heterocycles. The SMILES string of the molecule is NCC1(C(=O)NCCCCCO)CCCCCC1. The first-order valence-corrected chi connectivity index (χ1v) is 7.34. The van der Waals surface area contributed by atoms with Gasteiger partial charge in [-0.15, -0.1) is 0 Å². The summed E-state index contributed by atoms with van der Waals surface area (Å²) in [6.07, 6.45) is 9.29. The zero-order chi connectivity index (χ0) is 13.3. The number of aliphatic hydroxyl groups is 1. The van der Waals surface area contributed by atoms with Gasteiger partial charge in [-0.05, 0) is 32.1 Å². The first kappa shape index (κ1) is 15.4. The van der Waals surface area contributed by atoms with E-state index >= 15 is 0 Å². The van der Waals surface area contributed by atoms with Gasteiger partial charge in [-0.2, -0.15) is 0 Å². The van der Waals surface area contributed by atoms with Gasteiger partial charge < -0.3 is 16.2 Å². The Bertz CT molecular complexity index is 236. The lowest BCUT2D eigenvalue weighted by atomic mass is 9.79. The van der Waals surface area contributed by atoms with E-state index in [0.717, 1.165) is 44.9 Å². The molecule has 106 valence electrons. The van der Waals surface area contributed by atoms with Gasteiger partial charge >= 0.3 is 0 Å². The number of carbonyl (C=O) groups is 1. The third-order valence-corrected chi connectivity index (χ3v) is 4.05. The van der Waals surface area contributed by atoms with E-state index in [4.69, 9.17) is 10.8 Å². The molecule has 18 heavy (non-hydrogen) atoms. The van der Waals surface area contributed by atoms with Crippen LogP contribution in [0.25, 0.3) is 0 Å². The number of nitrogens with one attached hydrogen (secondary N) is 1. The molecule has 1 fully saturated rings. The molecule has 4 heteroatoms. The first-order valence-electron chi connectivity index (χ1n) is 7.34. The molecule has 0 radical (unpaired) electrons. The molecule has 1 aliphatic rings. The third kappa shape index (κ3) is 4.58. The van der Waals surface area contributed by atoms with Gasteiger partial charge in [0.15, 0.2) is 0 Å². The van der Waals surface area contributed by atoms with E-state index in [9.17, 15) is 4.79 Å². The van der Waals surface area contributed by atoms with Crippen molar-refractivity contribution >= 4 is 5.91 Å². The maximum absolute atomic E-state index is 12.3. The highest BCUT2D eigenvalue weighted by molar-refractivity contribution is 5.82. The van der Waals surface area contributed by atoms with Crippen LogP contribution in [-0.2, 0) is 4.79 Å². The summed E-state index contributed by atoms with van der Waals surface area (Å²) < 4.78 is 0. The Hall–Kier alpha value is -0.610. The van der Waals surface area contributed by atoms with Crippen LogP contribution in [0.15, 0.2) is 0 Å². The molecule has 0 spiro atoms. The fourth-order valence-corrected chi connectivity index (χ4v) is 2.73. The minimum Gasteiger partial charge on any atom is -0.396 e. The summed E-state index contributed by atoms with van der Waals surface area (Å²) in [5.74, 6) is 0.149. The Morgan fingerprint density at radius 3 is 2.33 bits per heavy atom. The van der Waals surface area contributed by atoms with Crippen LogP contribution in [0.1, 0.15) is 57.8 Å². The molecule has 1 rings (SSSR count). The van der Waals surface area contributed by atoms with Gasteiger partial charge in [0.1, 0.15) is 0 Å². The zero-order valence-electron chi connectivity index (χ0n) is 11.4. The number of hydrogen-bond donors (Lipinski definition) is 3. The van der Waals surface area contributed by atoms with Gasteiger partial charge in [0.25, 0.3) is 0 Å². The van der Waals surface area contributed by atoms with E-state index in [1.54, 1.807) is 0 Å². The Kier molecular flexibility index (Phi) is 7.28. The topological polar surface area (TPSA) is 75.4 Å². The predicted octanol–water partition coefficient (Wildman–Crippen LogP) is 1.56. The molecule has 0 aromatic rings. The van der Waals surface area contributed by atoms with E-state index < -0.39 is 0 Å². The summed E-state index contributed by atoms with van der Waals surface area (Å²) in [6.45, 7) is 1.41. The molecule has 1 aliphatic carbocycles. The van der Waals surface area contributed by atoms with Crippen molar-refractivity contribution in [3.8, 4) is 0 Å². The van der Waals surface area contributed by atoms with Gasteiger partial charge in [-0.25, -0.2) is 0 Å². The van der Waals surface area contributed by atoms with Crippen LogP contribution in [-0.4, -0.2) is 30.7 Å². The van der Waals surface area contributed by atoms with Gasteiger partial charge in [0, 0.05) is 19.7 Å². The number of amides is 1. The van der Waals surface area contributed by atoms with E-state index in [1.165, 1.54) is 12.8 Å². The minimum absolute atomic E-state index is 0.149. The van der Waals surface area contributed by atoms with Crippen molar-refractivity contribution in [2.24, 2.45) is 11.1 Å².